The molecule has 0 spiro atoms. The number of para-hydroxylation sites is 3. The summed E-state index contributed by atoms with van der Waals surface area (Å²) >= 11 is 1.90. The van der Waals surface area contributed by atoms with E-state index in [2.05, 4.69) is 143 Å². The van der Waals surface area contributed by atoms with Gasteiger partial charge in [0.1, 0.15) is 0 Å². The van der Waals surface area contributed by atoms with Gasteiger partial charge >= 0.3 is 0 Å². The minimum atomic E-state index is 1.17. The zero-order valence-corrected chi connectivity index (χ0v) is 21.8. The van der Waals surface area contributed by atoms with Crippen LogP contribution in [0.3, 0.4) is 0 Å². The minimum absolute atomic E-state index is 1.17. The van der Waals surface area contributed by atoms with Crippen molar-refractivity contribution in [2.45, 2.75) is 0 Å². The Bertz CT molecular complexity index is 2330. The summed E-state index contributed by atoms with van der Waals surface area (Å²) in [7, 11) is 0. The third kappa shape index (κ3) is 2.85. The summed E-state index contributed by atoms with van der Waals surface area (Å²) in [4.78, 5) is 0. The highest BCUT2D eigenvalue weighted by atomic mass is 32.1. The van der Waals surface area contributed by atoms with Crippen LogP contribution in [0.4, 0.5) is 0 Å². The zero-order chi connectivity index (χ0) is 25.5. The minimum Gasteiger partial charge on any atom is -0.309 e. The molecule has 0 N–H and O–H groups in total. The van der Waals surface area contributed by atoms with Crippen LogP contribution in [0, 0.1) is 0 Å². The maximum atomic E-state index is 2.44. The van der Waals surface area contributed by atoms with Gasteiger partial charge in [0, 0.05) is 53.1 Å². The van der Waals surface area contributed by atoms with Crippen molar-refractivity contribution in [3.05, 3.63) is 133 Å². The smallest absolute Gasteiger partial charge is 0.0562 e. The molecule has 9 rings (SSSR count). The van der Waals surface area contributed by atoms with Gasteiger partial charge in [0.25, 0.3) is 0 Å². The largest absolute Gasteiger partial charge is 0.309 e. The second-order valence-corrected chi connectivity index (χ2v) is 11.2. The quantitative estimate of drug-likeness (QED) is 0.217. The van der Waals surface area contributed by atoms with Crippen LogP contribution < -0.4 is 0 Å². The molecule has 0 aliphatic carbocycles. The summed E-state index contributed by atoms with van der Waals surface area (Å²) in [5.41, 5.74) is 7.28. The van der Waals surface area contributed by atoms with Crippen molar-refractivity contribution in [1.82, 2.24) is 9.13 Å². The van der Waals surface area contributed by atoms with Crippen LogP contribution in [0.5, 0.6) is 0 Å². The first-order valence-electron chi connectivity index (χ1n) is 13.3. The first-order valence-corrected chi connectivity index (χ1v) is 14.1. The molecule has 0 saturated heterocycles. The Morgan fingerprint density at radius 2 is 1.00 bits per heavy atom. The van der Waals surface area contributed by atoms with Crippen molar-refractivity contribution in [2.24, 2.45) is 0 Å². The van der Waals surface area contributed by atoms with Crippen molar-refractivity contribution in [3.8, 4) is 11.4 Å². The van der Waals surface area contributed by atoms with Crippen LogP contribution in [0.2, 0.25) is 0 Å². The van der Waals surface area contributed by atoms with Gasteiger partial charge in [-0.3, -0.25) is 0 Å². The molecule has 182 valence electrons. The lowest BCUT2D eigenvalue weighted by atomic mass is 10.1. The van der Waals surface area contributed by atoms with Gasteiger partial charge in [-0.15, -0.1) is 11.3 Å². The third-order valence-corrected chi connectivity index (χ3v) is 9.31. The molecule has 0 fully saturated rings. The third-order valence-electron chi connectivity index (χ3n) is 8.11. The number of aromatic nitrogens is 2. The first kappa shape index (κ1) is 21.1. The monoisotopic (exact) mass is 514 g/mol. The molecule has 0 unspecified atom stereocenters. The Balaban J connectivity index is 1.45. The van der Waals surface area contributed by atoms with Crippen LogP contribution in [-0.4, -0.2) is 9.13 Å². The van der Waals surface area contributed by atoms with Crippen molar-refractivity contribution >= 4 is 75.1 Å². The van der Waals surface area contributed by atoms with Gasteiger partial charge in [-0.2, -0.15) is 0 Å². The molecule has 0 aliphatic heterocycles. The molecule has 0 aliphatic rings. The van der Waals surface area contributed by atoms with Gasteiger partial charge in [0.15, 0.2) is 0 Å². The van der Waals surface area contributed by atoms with E-state index >= 15 is 0 Å². The second kappa shape index (κ2) is 7.83. The van der Waals surface area contributed by atoms with Crippen molar-refractivity contribution < 1.29 is 0 Å². The summed E-state index contributed by atoms with van der Waals surface area (Å²) in [5.74, 6) is 0. The maximum Gasteiger partial charge on any atom is 0.0562 e. The van der Waals surface area contributed by atoms with E-state index in [0.717, 1.165) is 0 Å². The van der Waals surface area contributed by atoms with Crippen LogP contribution in [-0.2, 0) is 0 Å². The highest BCUT2D eigenvalue weighted by molar-refractivity contribution is 7.26. The molecule has 3 heteroatoms. The van der Waals surface area contributed by atoms with Crippen LogP contribution in [0.1, 0.15) is 0 Å². The molecule has 2 nitrogen and oxygen atoms in total. The number of rotatable bonds is 2. The van der Waals surface area contributed by atoms with E-state index in [0.29, 0.717) is 0 Å². The summed E-state index contributed by atoms with van der Waals surface area (Å²) in [5, 5.41) is 7.85. The van der Waals surface area contributed by atoms with Gasteiger partial charge in [-0.05, 0) is 48.5 Å². The maximum absolute atomic E-state index is 2.44. The molecule has 0 radical (unpaired) electrons. The van der Waals surface area contributed by atoms with Crippen LogP contribution in [0.25, 0.3) is 75.2 Å². The fourth-order valence-corrected chi connectivity index (χ4v) is 7.73. The number of thiophene rings is 1. The number of nitrogens with zero attached hydrogens (tertiary/aromatic N) is 2. The highest BCUT2D eigenvalue weighted by Gasteiger charge is 2.19. The fourth-order valence-electron chi connectivity index (χ4n) is 6.47. The van der Waals surface area contributed by atoms with Gasteiger partial charge in [0.05, 0.1) is 22.1 Å². The Labute approximate surface area is 228 Å². The SMILES string of the molecule is c1ccc(-n2c3cc(-n4c5ccccc5c5ccccc54)ccc3c3c4sc5ccccc5c4ccc32)cc1. The van der Waals surface area contributed by atoms with Crippen LogP contribution >= 0.6 is 11.3 Å². The predicted molar refractivity (Wildman–Crippen MR) is 168 cm³/mol. The molecule has 3 aromatic heterocycles. The normalized spacial score (nSPS) is 12.1. The summed E-state index contributed by atoms with van der Waals surface area (Å²) in [6.07, 6.45) is 0. The molecular weight excluding hydrogens is 492 g/mol. The molecule has 9 aromatic rings. The second-order valence-electron chi connectivity index (χ2n) is 10.2. The molecular formula is C36H22N2S. The summed E-state index contributed by atoms with van der Waals surface area (Å²) in [6, 6.07) is 48.6. The summed E-state index contributed by atoms with van der Waals surface area (Å²) in [6.45, 7) is 0. The molecule has 6 aromatic carbocycles. The lowest BCUT2D eigenvalue weighted by Crippen LogP contribution is -1.96. The molecule has 0 saturated carbocycles. The lowest BCUT2D eigenvalue weighted by molar-refractivity contribution is 1.15. The standard InChI is InChI=1S/C36H22N2S/c1-2-10-23(11-3-1)37-32-21-20-28-27-14-6-9-17-34(27)39-36(28)35(32)29-19-18-24(22-33(29)37)38-30-15-7-4-12-25(30)26-13-5-8-16-31(26)38/h1-22H. The molecule has 3 heterocycles. The molecule has 0 bridgehead atoms. The van der Waals surface area contributed by atoms with Gasteiger partial charge in [-0.1, -0.05) is 84.9 Å². The number of fused-ring (bicyclic) bond motifs is 10. The first-order chi connectivity index (χ1) is 19.4. The lowest BCUT2D eigenvalue weighted by Gasteiger charge is -2.11. The topological polar surface area (TPSA) is 9.86 Å². The zero-order valence-electron chi connectivity index (χ0n) is 21.0. The average molecular weight is 515 g/mol. The van der Waals surface area contributed by atoms with Crippen LogP contribution in [0.15, 0.2) is 133 Å². The van der Waals surface area contributed by atoms with Crippen molar-refractivity contribution in [3.63, 3.8) is 0 Å². The van der Waals surface area contributed by atoms with E-state index in [1.54, 1.807) is 0 Å². The Morgan fingerprint density at radius 1 is 0.385 bits per heavy atom. The predicted octanol–water partition coefficient (Wildman–Crippen LogP) is 10.2. The summed E-state index contributed by atoms with van der Waals surface area (Å²) < 4.78 is 7.54. The Morgan fingerprint density at radius 3 is 1.77 bits per heavy atom. The number of benzene rings is 6. The molecule has 0 atom stereocenters. The van der Waals surface area contributed by atoms with Gasteiger partial charge in [0.2, 0.25) is 0 Å². The molecule has 39 heavy (non-hydrogen) atoms. The van der Waals surface area contributed by atoms with Gasteiger partial charge < -0.3 is 9.13 Å². The highest BCUT2D eigenvalue weighted by Crippen LogP contribution is 2.44. The van der Waals surface area contributed by atoms with E-state index in [4.69, 9.17) is 0 Å². The van der Waals surface area contributed by atoms with Crippen molar-refractivity contribution in [1.29, 1.82) is 0 Å². The van der Waals surface area contributed by atoms with E-state index in [1.165, 1.54) is 75.2 Å². The average Bonchev–Trinajstić information content (AvgIpc) is 3.65. The van der Waals surface area contributed by atoms with Gasteiger partial charge in [-0.25, -0.2) is 0 Å². The molecule has 0 amide bonds. The van der Waals surface area contributed by atoms with Crippen molar-refractivity contribution in [2.75, 3.05) is 0 Å². The van der Waals surface area contributed by atoms with E-state index in [9.17, 15) is 0 Å². The number of hydrogen-bond acceptors (Lipinski definition) is 1. The Kier molecular flexibility index (Phi) is 4.24. The fraction of sp³-hybridized carbons (Fsp3) is 0. The van der Waals surface area contributed by atoms with E-state index in [1.807, 2.05) is 11.3 Å². The Hall–Kier alpha value is -4.86. The van der Waals surface area contributed by atoms with E-state index in [-0.39, 0.29) is 0 Å². The number of hydrogen-bond donors (Lipinski definition) is 0. The van der Waals surface area contributed by atoms with E-state index < -0.39 is 0 Å².